The number of benzene rings is 2. The van der Waals surface area contributed by atoms with Crippen LogP contribution in [0.3, 0.4) is 0 Å². The van der Waals surface area contributed by atoms with Crippen molar-refractivity contribution in [3.05, 3.63) is 65.0 Å². The van der Waals surface area contributed by atoms with Crippen molar-refractivity contribution in [3.8, 4) is 5.75 Å². The smallest absolute Gasteiger partial charge is 0.323 e. The first-order valence-electron chi connectivity index (χ1n) is 20.6. The lowest BCUT2D eigenvalue weighted by molar-refractivity contribution is -0.156. The average Bonchev–Trinajstić information content (AvgIpc) is 3.55. The van der Waals surface area contributed by atoms with Gasteiger partial charge >= 0.3 is 13.5 Å². The summed E-state index contributed by atoms with van der Waals surface area (Å²) in [5, 5.41) is 6.74. The molecule has 0 radical (unpaired) electrons. The van der Waals surface area contributed by atoms with Crippen molar-refractivity contribution in [2.45, 2.75) is 82.7 Å². The van der Waals surface area contributed by atoms with E-state index < -0.39 is 31.6 Å². The quantitative estimate of drug-likeness (QED) is 0.181. The summed E-state index contributed by atoms with van der Waals surface area (Å²) < 4.78 is 31.9. The molecule has 4 amide bonds. The molecular weight excluding hydrogens is 782 g/mol. The molecule has 58 heavy (non-hydrogen) atoms. The molecule has 4 saturated heterocycles. The largest absolute Gasteiger partial charge is 0.465 e. The molecule has 8 rings (SSSR count). The van der Waals surface area contributed by atoms with Gasteiger partial charge in [-0.25, -0.2) is 5.09 Å². The number of hydrogen-bond donors (Lipinski definition) is 2. The van der Waals surface area contributed by atoms with E-state index in [0.717, 1.165) is 29.3 Å². The van der Waals surface area contributed by atoms with Crippen molar-refractivity contribution in [3.63, 3.8) is 0 Å². The normalized spacial score (nSPS) is 26.0. The molecule has 4 aliphatic heterocycles. The summed E-state index contributed by atoms with van der Waals surface area (Å²) in [6, 6.07) is 13.8. The zero-order valence-corrected chi connectivity index (χ0v) is 34.7. The van der Waals surface area contributed by atoms with Crippen LogP contribution in [0, 0.1) is 17.8 Å². The van der Waals surface area contributed by atoms with E-state index in [9.17, 15) is 28.5 Å². The minimum absolute atomic E-state index is 0.0289. The number of morpholine rings is 1. The summed E-state index contributed by atoms with van der Waals surface area (Å²) in [6.07, 6.45) is 4.37. The van der Waals surface area contributed by atoms with Crippen molar-refractivity contribution in [1.29, 1.82) is 0 Å². The second kappa shape index (κ2) is 17.1. The van der Waals surface area contributed by atoms with E-state index in [1.54, 1.807) is 47.1 Å². The van der Waals surface area contributed by atoms with Gasteiger partial charge in [-0.1, -0.05) is 31.2 Å². The molecule has 5 heterocycles. The Labute approximate surface area is 342 Å². The average molecular weight is 834 g/mol. The van der Waals surface area contributed by atoms with Crippen LogP contribution in [-0.4, -0.2) is 114 Å². The number of para-hydroxylation sites is 1. The highest BCUT2D eigenvalue weighted by atomic mass is 32.1. The highest BCUT2D eigenvalue weighted by Crippen LogP contribution is 2.50. The van der Waals surface area contributed by atoms with Gasteiger partial charge in [-0.15, -0.1) is 11.3 Å². The van der Waals surface area contributed by atoms with Crippen LogP contribution in [0.4, 0.5) is 0 Å². The number of nitrogens with one attached hydrogen (secondary N) is 2. The molecule has 1 aliphatic carbocycles. The van der Waals surface area contributed by atoms with Crippen molar-refractivity contribution >= 4 is 58.5 Å². The van der Waals surface area contributed by atoms with Crippen molar-refractivity contribution in [2.75, 3.05) is 46.0 Å². The summed E-state index contributed by atoms with van der Waals surface area (Å²) in [5.74, 6) is -0.147. The second-order valence-corrected chi connectivity index (χ2v) is 19.5. The van der Waals surface area contributed by atoms with Crippen LogP contribution < -0.4 is 14.9 Å². The van der Waals surface area contributed by atoms with E-state index in [-0.39, 0.29) is 48.4 Å². The van der Waals surface area contributed by atoms with Crippen LogP contribution >= 0.6 is 18.9 Å². The van der Waals surface area contributed by atoms with Crippen LogP contribution in [0.5, 0.6) is 5.75 Å². The lowest BCUT2D eigenvalue weighted by Crippen LogP contribution is -2.62. The summed E-state index contributed by atoms with van der Waals surface area (Å²) in [4.78, 5) is 73.5. The summed E-state index contributed by atoms with van der Waals surface area (Å²) in [5.41, 5.74) is 0.683. The number of likely N-dealkylation sites (tertiary alicyclic amines) is 1. The first-order valence-corrected chi connectivity index (χ1v) is 23.2. The molecule has 1 aromatic heterocycles. The third-order valence-electron chi connectivity index (χ3n) is 12.1. The van der Waals surface area contributed by atoms with E-state index in [2.05, 4.69) is 10.4 Å². The Kier molecular flexibility index (Phi) is 11.9. The molecule has 16 heteroatoms. The fourth-order valence-corrected chi connectivity index (χ4v) is 11.9. The minimum atomic E-state index is -3.69. The van der Waals surface area contributed by atoms with Gasteiger partial charge in [0.25, 0.3) is 5.91 Å². The molecule has 0 bridgehead atoms. The molecular formula is C42H52N5O9PS. The standard InChI is InChI=1S/C42H52N5O9PS/c1-3-15-55-42(52)26(2)44-57(53,56-33-7-5-4-6-8-33)25-27-9-12-36-30(18-27)22-37(58-36)38(48)43-34-21-29-19-28(29)20-32-10-11-35(47(32)40(34)50)41(51)46-23-31(24-46)39(49)45-13-16-54-17-14-45/h4-9,12,18,22,26,28-29,31-32,34-35H,3,10-11,13-17,19-21,23-25H2,1-2H3,(H,43,48)(H,44,53)/t26-,28+,29-,32+,34-,35-,57?/m0/s1. The van der Waals surface area contributed by atoms with Gasteiger partial charge in [0, 0.05) is 36.9 Å². The van der Waals surface area contributed by atoms with Gasteiger partial charge in [-0.3, -0.25) is 28.5 Å². The number of nitrogens with zero attached hydrogens (tertiary/aromatic N) is 3. The number of ether oxygens (including phenoxy) is 2. The summed E-state index contributed by atoms with van der Waals surface area (Å²) >= 11 is 1.31. The molecule has 2 N–H and O–H groups in total. The van der Waals surface area contributed by atoms with Crippen molar-refractivity contribution in [1.82, 2.24) is 25.1 Å². The topological polar surface area (TPSA) is 164 Å². The molecule has 1 unspecified atom stereocenters. The van der Waals surface area contributed by atoms with Gasteiger partial charge < -0.3 is 34.0 Å². The van der Waals surface area contributed by atoms with E-state index in [4.69, 9.17) is 14.0 Å². The highest BCUT2D eigenvalue weighted by molar-refractivity contribution is 7.56. The Hall–Kier alpha value is -4.30. The van der Waals surface area contributed by atoms with Crippen molar-refractivity contribution < 1.29 is 42.5 Å². The lowest BCUT2D eigenvalue weighted by atomic mass is 9.96. The summed E-state index contributed by atoms with van der Waals surface area (Å²) in [7, 11) is -3.69. The van der Waals surface area contributed by atoms with Gasteiger partial charge in [0.1, 0.15) is 23.9 Å². The first-order chi connectivity index (χ1) is 28.0. The van der Waals surface area contributed by atoms with E-state index in [1.807, 2.05) is 36.1 Å². The van der Waals surface area contributed by atoms with Crippen LogP contribution in [-0.2, 0) is 39.4 Å². The van der Waals surface area contributed by atoms with Gasteiger partial charge in [0.15, 0.2) is 0 Å². The fourth-order valence-electron chi connectivity index (χ4n) is 8.90. The van der Waals surface area contributed by atoms with Gasteiger partial charge in [0.2, 0.25) is 17.7 Å². The molecule has 5 fully saturated rings. The number of hydrogen-bond acceptors (Lipinski definition) is 10. The van der Waals surface area contributed by atoms with Crippen molar-refractivity contribution in [2.24, 2.45) is 17.8 Å². The van der Waals surface area contributed by atoms with E-state index in [0.29, 0.717) is 86.7 Å². The fraction of sp³-hybridized carbons (Fsp3) is 0.548. The maximum atomic E-state index is 14.4. The maximum absolute atomic E-state index is 14.4. The monoisotopic (exact) mass is 833 g/mol. The minimum Gasteiger partial charge on any atom is -0.465 e. The molecule has 1 saturated carbocycles. The Morgan fingerprint density at radius 2 is 1.71 bits per heavy atom. The number of carbonyl (C=O) groups excluding carboxylic acids is 5. The van der Waals surface area contributed by atoms with E-state index in [1.165, 1.54) is 11.3 Å². The number of thiophene rings is 1. The third-order valence-corrected chi connectivity index (χ3v) is 15.3. The molecule has 7 atom stereocenters. The first kappa shape index (κ1) is 40.5. The van der Waals surface area contributed by atoms with Crippen LogP contribution in [0.2, 0.25) is 0 Å². The lowest BCUT2D eigenvalue weighted by Gasteiger charge is -2.44. The van der Waals surface area contributed by atoms with E-state index >= 15 is 0 Å². The maximum Gasteiger partial charge on any atom is 0.323 e. The summed E-state index contributed by atoms with van der Waals surface area (Å²) in [6.45, 7) is 6.66. The third kappa shape index (κ3) is 8.83. The molecule has 310 valence electrons. The number of rotatable bonds is 13. The SMILES string of the molecule is CCCOC(=O)[C@H](C)NP(=O)(Cc1ccc2sc(C(=O)N[C@H]3C[C@@H]4C[C@@H]4C[C@H]4CC[C@@H](C(=O)N5CC(C(=O)N6CCOCC6)C5)N4C3=O)cc2c1)Oc1ccccc1. The molecule has 0 spiro atoms. The number of carbonyl (C=O) groups is 5. The molecule has 14 nitrogen and oxygen atoms in total. The molecule has 3 aromatic rings. The zero-order valence-electron chi connectivity index (χ0n) is 33.0. The van der Waals surface area contributed by atoms with Gasteiger partial charge in [0.05, 0.1) is 36.8 Å². The Bertz CT molecular complexity index is 2090. The Morgan fingerprint density at radius 3 is 2.47 bits per heavy atom. The van der Waals surface area contributed by atoms with Crippen LogP contribution in [0.25, 0.3) is 10.1 Å². The van der Waals surface area contributed by atoms with Gasteiger partial charge in [-0.05, 0) is 98.6 Å². The number of esters is 1. The Morgan fingerprint density at radius 1 is 0.948 bits per heavy atom. The second-order valence-electron chi connectivity index (χ2n) is 16.4. The predicted octanol–water partition coefficient (Wildman–Crippen LogP) is 4.81. The highest BCUT2D eigenvalue weighted by Gasteiger charge is 2.53. The van der Waals surface area contributed by atoms with Crippen LogP contribution in [0.15, 0.2) is 54.6 Å². The zero-order chi connectivity index (χ0) is 40.6. The van der Waals surface area contributed by atoms with Crippen LogP contribution in [0.1, 0.15) is 67.6 Å². The Balaban J connectivity index is 0.943. The predicted molar refractivity (Wildman–Crippen MR) is 217 cm³/mol. The molecule has 2 aromatic carbocycles. The number of fused-ring (bicyclic) bond motifs is 3. The number of amides is 4. The molecule has 5 aliphatic rings. The van der Waals surface area contributed by atoms with Gasteiger partial charge in [-0.2, -0.15) is 0 Å².